The van der Waals surface area contributed by atoms with E-state index in [1.807, 2.05) is 13.8 Å². The molecule has 0 aliphatic heterocycles. The minimum atomic E-state index is -0.697. The summed E-state index contributed by atoms with van der Waals surface area (Å²) in [5.41, 5.74) is 0.907. The Morgan fingerprint density at radius 1 is 0.688 bits per heavy atom. The van der Waals surface area contributed by atoms with Gasteiger partial charge in [-0.05, 0) is 128 Å². The summed E-state index contributed by atoms with van der Waals surface area (Å²) in [4.78, 5) is 0. The van der Waals surface area contributed by atoms with Crippen molar-refractivity contribution in [2.75, 3.05) is 0 Å². The number of aliphatic hydroxyl groups is 2. The fraction of sp³-hybridized carbons (Fsp3) is 1.00. The van der Waals surface area contributed by atoms with Crippen LogP contribution in [0.15, 0.2) is 0 Å². The van der Waals surface area contributed by atoms with Crippen LogP contribution in [0.4, 0.5) is 0 Å². The third-order valence-corrected chi connectivity index (χ3v) is 13.6. The van der Waals surface area contributed by atoms with E-state index in [-0.39, 0.29) is 28.8 Å². The Bertz CT molecular complexity index is 765. The number of hydrogen-bond donors (Lipinski definition) is 2. The van der Waals surface area contributed by atoms with E-state index in [0.29, 0.717) is 22.2 Å². The van der Waals surface area contributed by atoms with Gasteiger partial charge in [0.2, 0.25) is 0 Å². The van der Waals surface area contributed by atoms with Crippen molar-refractivity contribution in [2.24, 2.45) is 56.7 Å². The lowest BCUT2D eigenvalue weighted by Crippen LogP contribution is -2.68. The van der Waals surface area contributed by atoms with Crippen molar-refractivity contribution >= 4 is 0 Å². The fourth-order valence-corrected chi connectivity index (χ4v) is 12.2. The first-order chi connectivity index (χ1) is 14.6. The molecule has 0 radical (unpaired) electrons. The first kappa shape index (κ1) is 23.7. The first-order valence-corrected chi connectivity index (χ1v) is 14.0. The highest BCUT2D eigenvalue weighted by molar-refractivity contribution is 5.20. The molecule has 0 spiro atoms. The average Bonchev–Trinajstić information content (AvgIpc) is 3.01. The van der Waals surface area contributed by atoms with Crippen LogP contribution in [0.5, 0.6) is 0 Å². The summed E-state index contributed by atoms with van der Waals surface area (Å²) in [6, 6.07) is 0. The quantitative estimate of drug-likeness (QED) is 0.448. The SMILES string of the molecule is CC(C)(O)C1CCC2(C)C1C(O)CC1(C)C2CCC2C3(C)CCCC(C)(C)C3CCC21C. The predicted octanol–water partition coefficient (Wildman–Crippen LogP) is 7.22. The van der Waals surface area contributed by atoms with Gasteiger partial charge in [-0.2, -0.15) is 0 Å². The van der Waals surface area contributed by atoms with E-state index in [0.717, 1.165) is 24.7 Å². The van der Waals surface area contributed by atoms with Crippen LogP contribution in [-0.4, -0.2) is 21.9 Å². The van der Waals surface area contributed by atoms with Crippen LogP contribution in [0.3, 0.4) is 0 Å². The molecule has 184 valence electrons. The molecule has 2 heteroatoms. The number of aliphatic hydroxyl groups excluding tert-OH is 1. The normalized spacial score (nSPS) is 57.2. The third-order valence-electron chi connectivity index (χ3n) is 13.6. The van der Waals surface area contributed by atoms with Gasteiger partial charge in [0.1, 0.15) is 0 Å². The standard InChI is InChI=1S/C30H52O2/c1-25(2)14-9-15-27(5)21(25)13-17-29(7)22(27)10-11-23-28(6)16-12-19(26(3,4)32)24(28)20(31)18-30(23,29)8/h19-24,31-32H,9-18H2,1-8H3. The van der Waals surface area contributed by atoms with Gasteiger partial charge in [0.05, 0.1) is 11.7 Å². The second kappa shape index (κ2) is 6.77. The molecule has 10 unspecified atom stereocenters. The molecule has 0 amide bonds. The van der Waals surface area contributed by atoms with Crippen molar-refractivity contribution in [1.82, 2.24) is 0 Å². The summed E-state index contributed by atoms with van der Waals surface area (Å²) < 4.78 is 0. The maximum atomic E-state index is 11.8. The molecule has 32 heavy (non-hydrogen) atoms. The molecule has 5 rings (SSSR count). The Labute approximate surface area is 198 Å². The Hall–Kier alpha value is -0.0800. The maximum absolute atomic E-state index is 11.8. The topological polar surface area (TPSA) is 40.5 Å². The second-order valence-electron chi connectivity index (χ2n) is 15.6. The van der Waals surface area contributed by atoms with E-state index in [9.17, 15) is 10.2 Å². The highest BCUT2D eigenvalue weighted by Crippen LogP contribution is 2.78. The van der Waals surface area contributed by atoms with E-state index in [1.54, 1.807) is 0 Å². The maximum Gasteiger partial charge on any atom is 0.0623 e. The highest BCUT2D eigenvalue weighted by Gasteiger charge is 2.72. The molecule has 5 aliphatic carbocycles. The van der Waals surface area contributed by atoms with Gasteiger partial charge < -0.3 is 10.2 Å². The summed E-state index contributed by atoms with van der Waals surface area (Å²) in [6.45, 7) is 19.5. The Morgan fingerprint density at radius 3 is 1.94 bits per heavy atom. The van der Waals surface area contributed by atoms with Gasteiger partial charge in [0.25, 0.3) is 0 Å². The van der Waals surface area contributed by atoms with Crippen LogP contribution in [0, 0.1) is 56.7 Å². The molecule has 0 aromatic heterocycles. The monoisotopic (exact) mass is 444 g/mol. The average molecular weight is 445 g/mol. The molecule has 2 nitrogen and oxygen atoms in total. The second-order valence-corrected chi connectivity index (χ2v) is 15.6. The molecule has 5 saturated carbocycles. The van der Waals surface area contributed by atoms with Crippen molar-refractivity contribution in [2.45, 2.75) is 131 Å². The van der Waals surface area contributed by atoms with Crippen LogP contribution in [0.25, 0.3) is 0 Å². The Morgan fingerprint density at radius 2 is 1.31 bits per heavy atom. The van der Waals surface area contributed by atoms with Gasteiger partial charge in [0, 0.05) is 0 Å². The Balaban J connectivity index is 1.55. The summed E-state index contributed by atoms with van der Waals surface area (Å²) in [5.74, 6) is 2.79. The van der Waals surface area contributed by atoms with Crippen molar-refractivity contribution in [3.05, 3.63) is 0 Å². The largest absolute Gasteiger partial charge is 0.393 e. The van der Waals surface area contributed by atoms with Crippen molar-refractivity contribution in [3.63, 3.8) is 0 Å². The number of hydrogen-bond acceptors (Lipinski definition) is 2. The van der Waals surface area contributed by atoms with E-state index < -0.39 is 5.60 Å². The molecule has 0 aromatic carbocycles. The van der Waals surface area contributed by atoms with Crippen LogP contribution in [0.2, 0.25) is 0 Å². The summed E-state index contributed by atoms with van der Waals surface area (Å²) in [7, 11) is 0. The smallest absolute Gasteiger partial charge is 0.0623 e. The molecular formula is C30H52O2. The van der Waals surface area contributed by atoms with Crippen molar-refractivity contribution in [1.29, 1.82) is 0 Å². The summed E-state index contributed by atoms with van der Waals surface area (Å²) >= 11 is 0. The summed E-state index contributed by atoms with van der Waals surface area (Å²) in [6.07, 6.45) is 12.5. The number of fused-ring (bicyclic) bond motifs is 7. The third kappa shape index (κ3) is 2.78. The minimum Gasteiger partial charge on any atom is -0.393 e. The molecule has 5 aliphatic rings. The fourth-order valence-electron chi connectivity index (χ4n) is 12.2. The van der Waals surface area contributed by atoms with Gasteiger partial charge in [-0.3, -0.25) is 0 Å². The lowest BCUT2D eigenvalue weighted by Gasteiger charge is -2.73. The van der Waals surface area contributed by atoms with E-state index in [4.69, 9.17) is 0 Å². The zero-order valence-electron chi connectivity index (χ0n) is 22.4. The molecule has 0 heterocycles. The van der Waals surface area contributed by atoms with Gasteiger partial charge in [-0.1, -0.05) is 48.0 Å². The van der Waals surface area contributed by atoms with Crippen LogP contribution in [-0.2, 0) is 0 Å². The molecule has 0 saturated heterocycles. The molecule has 5 fully saturated rings. The van der Waals surface area contributed by atoms with Crippen LogP contribution < -0.4 is 0 Å². The van der Waals surface area contributed by atoms with E-state index in [2.05, 4.69) is 41.5 Å². The van der Waals surface area contributed by atoms with Crippen molar-refractivity contribution < 1.29 is 10.2 Å². The van der Waals surface area contributed by atoms with Crippen LogP contribution in [0.1, 0.15) is 120 Å². The van der Waals surface area contributed by atoms with Gasteiger partial charge >= 0.3 is 0 Å². The number of rotatable bonds is 1. The molecule has 2 N–H and O–H groups in total. The Kier molecular flexibility index (Phi) is 5.01. The molecule has 10 atom stereocenters. The lowest BCUT2D eigenvalue weighted by atomic mass is 9.31. The minimum absolute atomic E-state index is 0.161. The predicted molar refractivity (Wildman–Crippen MR) is 132 cm³/mol. The molecule has 0 aromatic rings. The van der Waals surface area contributed by atoms with Gasteiger partial charge in [-0.15, -0.1) is 0 Å². The lowest BCUT2D eigenvalue weighted by molar-refractivity contribution is -0.260. The molecule has 0 bridgehead atoms. The van der Waals surface area contributed by atoms with E-state index in [1.165, 1.54) is 51.4 Å². The van der Waals surface area contributed by atoms with E-state index >= 15 is 0 Å². The molecular weight excluding hydrogens is 392 g/mol. The van der Waals surface area contributed by atoms with Gasteiger partial charge in [0.15, 0.2) is 0 Å². The zero-order chi connectivity index (χ0) is 23.5. The first-order valence-electron chi connectivity index (χ1n) is 14.0. The van der Waals surface area contributed by atoms with Gasteiger partial charge in [-0.25, -0.2) is 0 Å². The zero-order valence-corrected chi connectivity index (χ0v) is 22.4. The van der Waals surface area contributed by atoms with Crippen LogP contribution >= 0.6 is 0 Å². The highest BCUT2D eigenvalue weighted by atomic mass is 16.3. The summed E-state index contributed by atoms with van der Waals surface area (Å²) in [5, 5.41) is 22.7. The van der Waals surface area contributed by atoms with Crippen molar-refractivity contribution in [3.8, 4) is 0 Å².